The molecule has 0 aliphatic carbocycles. The molecule has 2 amide bonds. The molecule has 2 heterocycles. The molecule has 0 bridgehead atoms. The molecule has 3 aromatic carbocycles. The Morgan fingerprint density at radius 1 is 1.00 bits per heavy atom. The van der Waals surface area contributed by atoms with Gasteiger partial charge < -0.3 is 30.4 Å². The number of para-hydroxylation sites is 1. The van der Waals surface area contributed by atoms with Gasteiger partial charge >= 0.3 is 6.18 Å². The lowest BCUT2D eigenvalue weighted by molar-refractivity contribution is -0.140. The molecule has 2 aliphatic heterocycles. The van der Waals surface area contributed by atoms with Crippen molar-refractivity contribution < 1.29 is 36.6 Å². The molecule has 0 atom stereocenters. The summed E-state index contributed by atoms with van der Waals surface area (Å²) in [4.78, 5) is 27.2. The van der Waals surface area contributed by atoms with Crippen molar-refractivity contribution in [3.8, 4) is 11.5 Å². The van der Waals surface area contributed by atoms with Gasteiger partial charge in [0.2, 0.25) is 6.79 Å². The number of rotatable bonds is 7. The van der Waals surface area contributed by atoms with E-state index in [1.807, 2.05) is 12.1 Å². The van der Waals surface area contributed by atoms with Crippen LogP contribution in [0.3, 0.4) is 0 Å². The minimum absolute atomic E-state index is 0.00749. The van der Waals surface area contributed by atoms with Gasteiger partial charge in [-0.25, -0.2) is 4.39 Å². The largest absolute Gasteiger partial charge is 0.454 e. The fraction of sp³-hybridized carbons (Fsp3) is 0.207. The molecule has 0 fully saturated rings. The lowest BCUT2D eigenvalue weighted by atomic mass is 10.0. The Hall–Kier alpha value is -4.87. The van der Waals surface area contributed by atoms with Gasteiger partial charge in [0, 0.05) is 54.8 Å². The maximum atomic E-state index is 13.6. The van der Waals surface area contributed by atoms with E-state index in [1.165, 1.54) is 6.20 Å². The molecule has 5 rings (SSSR count). The normalized spacial score (nSPS) is 14.5. The number of anilines is 1. The molecule has 3 N–H and O–H groups in total. The number of ether oxygens (including phenoxy) is 2. The Bertz CT molecular complexity index is 1540. The van der Waals surface area contributed by atoms with Crippen molar-refractivity contribution in [2.45, 2.75) is 25.7 Å². The van der Waals surface area contributed by atoms with Gasteiger partial charge in [0.25, 0.3) is 11.8 Å². The fourth-order valence-corrected chi connectivity index (χ4v) is 4.46. The van der Waals surface area contributed by atoms with Crippen molar-refractivity contribution >= 4 is 23.2 Å². The molecular weight excluding hydrogens is 544 g/mol. The summed E-state index contributed by atoms with van der Waals surface area (Å²) < 4.78 is 63.5. The number of fused-ring (bicyclic) bond motifs is 1. The van der Waals surface area contributed by atoms with Crippen LogP contribution in [0.5, 0.6) is 11.5 Å². The van der Waals surface area contributed by atoms with Gasteiger partial charge in [-0.1, -0.05) is 24.3 Å². The summed E-state index contributed by atoms with van der Waals surface area (Å²) in [5.74, 6) is -1.24. The average Bonchev–Trinajstić information content (AvgIpc) is 3.43. The molecule has 0 spiro atoms. The van der Waals surface area contributed by atoms with Crippen LogP contribution in [0.4, 0.5) is 23.2 Å². The first-order chi connectivity index (χ1) is 19.6. The van der Waals surface area contributed by atoms with Crippen LogP contribution in [0.15, 0.2) is 72.4 Å². The Balaban J connectivity index is 1.20. The summed E-state index contributed by atoms with van der Waals surface area (Å²) in [6.45, 7) is 1.21. The Morgan fingerprint density at radius 3 is 2.54 bits per heavy atom. The second-order valence-electron chi connectivity index (χ2n) is 9.42. The van der Waals surface area contributed by atoms with Gasteiger partial charge in [-0.3, -0.25) is 9.59 Å². The Labute approximate surface area is 232 Å². The SMILES string of the molecule is N=C1CCN(Cc2ccc(C(=O)NCc3cccc4c3OCO4)cc2)C=C1C(=O)Nc1ccc(F)c(C(F)(F)F)c1. The molecule has 41 heavy (non-hydrogen) atoms. The number of nitrogens with one attached hydrogen (secondary N) is 3. The zero-order valence-corrected chi connectivity index (χ0v) is 21.5. The van der Waals surface area contributed by atoms with Crippen molar-refractivity contribution in [2.75, 3.05) is 18.7 Å². The fourth-order valence-electron chi connectivity index (χ4n) is 4.46. The van der Waals surface area contributed by atoms with Crippen LogP contribution in [0.1, 0.15) is 33.5 Å². The molecule has 0 radical (unpaired) electrons. The van der Waals surface area contributed by atoms with Gasteiger partial charge in [-0.15, -0.1) is 0 Å². The first kappa shape index (κ1) is 27.7. The van der Waals surface area contributed by atoms with Crippen molar-refractivity contribution in [1.82, 2.24) is 10.2 Å². The van der Waals surface area contributed by atoms with Crippen molar-refractivity contribution in [2.24, 2.45) is 0 Å². The van der Waals surface area contributed by atoms with E-state index < -0.39 is 23.5 Å². The zero-order chi connectivity index (χ0) is 29.1. The van der Waals surface area contributed by atoms with Crippen LogP contribution in [-0.4, -0.2) is 35.8 Å². The zero-order valence-electron chi connectivity index (χ0n) is 21.5. The minimum atomic E-state index is -4.92. The smallest absolute Gasteiger partial charge is 0.419 e. The molecule has 8 nitrogen and oxygen atoms in total. The number of hydrogen-bond donors (Lipinski definition) is 3. The van der Waals surface area contributed by atoms with E-state index >= 15 is 0 Å². The van der Waals surface area contributed by atoms with E-state index in [0.29, 0.717) is 42.3 Å². The van der Waals surface area contributed by atoms with Crippen LogP contribution in [0.2, 0.25) is 0 Å². The maximum Gasteiger partial charge on any atom is 0.419 e. The summed E-state index contributed by atoms with van der Waals surface area (Å²) in [5.41, 5.74) is 0.386. The van der Waals surface area contributed by atoms with E-state index in [9.17, 15) is 27.2 Å². The van der Waals surface area contributed by atoms with E-state index in [1.54, 1.807) is 35.2 Å². The molecule has 0 unspecified atom stereocenters. The number of carbonyl (C=O) groups is 2. The first-order valence-corrected chi connectivity index (χ1v) is 12.5. The van der Waals surface area contributed by atoms with Gasteiger partial charge in [0.1, 0.15) is 5.82 Å². The summed E-state index contributed by atoms with van der Waals surface area (Å²) in [7, 11) is 0. The monoisotopic (exact) mass is 568 g/mol. The number of benzene rings is 3. The third-order valence-electron chi connectivity index (χ3n) is 6.58. The molecule has 0 aromatic heterocycles. The van der Waals surface area contributed by atoms with Crippen LogP contribution in [-0.2, 0) is 24.1 Å². The van der Waals surface area contributed by atoms with Gasteiger partial charge in [0.15, 0.2) is 11.5 Å². The second-order valence-corrected chi connectivity index (χ2v) is 9.42. The highest BCUT2D eigenvalue weighted by molar-refractivity contribution is 6.24. The first-order valence-electron chi connectivity index (χ1n) is 12.5. The summed E-state index contributed by atoms with van der Waals surface area (Å²) in [6, 6.07) is 14.5. The molecule has 2 aliphatic rings. The number of nitrogens with zero attached hydrogens (tertiary/aromatic N) is 1. The van der Waals surface area contributed by atoms with Gasteiger partial charge in [-0.05, 0) is 42.0 Å². The van der Waals surface area contributed by atoms with E-state index in [0.717, 1.165) is 17.2 Å². The van der Waals surface area contributed by atoms with Crippen molar-refractivity contribution in [1.29, 1.82) is 5.41 Å². The molecule has 0 saturated carbocycles. The van der Waals surface area contributed by atoms with E-state index in [2.05, 4.69) is 10.6 Å². The van der Waals surface area contributed by atoms with E-state index in [-0.39, 0.29) is 42.6 Å². The molecule has 212 valence electrons. The maximum absolute atomic E-state index is 13.6. The van der Waals surface area contributed by atoms with Gasteiger partial charge in [0.05, 0.1) is 11.1 Å². The van der Waals surface area contributed by atoms with Gasteiger partial charge in [-0.2, -0.15) is 13.2 Å². The third-order valence-corrected chi connectivity index (χ3v) is 6.58. The highest BCUT2D eigenvalue weighted by Gasteiger charge is 2.34. The average molecular weight is 569 g/mol. The number of hydrogen-bond acceptors (Lipinski definition) is 6. The van der Waals surface area contributed by atoms with Crippen LogP contribution in [0.25, 0.3) is 0 Å². The molecule has 0 saturated heterocycles. The lowest BCUT2D eigenvalue weighted by Gasteiger charge is -2.27. The van der Waals surface area contributed by atoms with Crippen molar-refractivity contribution in [3.63, 3.8) is 0 Å². The summed E-state index contributed by atoms with van der Waals surface area (Å²) in [6.07, 6.45) is -3.20. The van der Waals surface area contributed by atoms with Crippen LogP contribution >= 0.6 is 0 Å². The highest BCUT2D eigenvalue weighted by atomic mass is 19.4. The van der Waals surface area contributed by atoms with Crippen LogP contribution < -0.4 is 20.1 Å². The number of amides is 2. The summed E-state index contributed by atoms with van der Waals surface area (Å²) >= 11 is 0. The predicted octanol–water partition coefficient (Wildman–Crippen LogP) is 5.25. The number of carbonyl (C=O) groups excluding carboxylic acids is 2. The second kappa shape index (κ2) is 11.3. The number of alkyl halides is 3. The summed E-state index contributed by atoms with van der Waals surface area (Å²) in [5, 5.41) is 13.3. The standard InChI is InChI=1S/C29H24F4N4O4/c30-23-9-8-20(12-22(23)29(31,32)33)36-28(39)21-15-37(11-10-24(21)34)14-17-4-6-18(7-5-17)27(38)35-13-19-2-1-3-25-26(19)41-16-40-25/h1-9,12,15,34H,10-11,13-14,16H2,(H,35,38)(H,36,39). The Morgan fingerprint density at radius 2 is 1.78 bits per heavy atom. The third kappa shape index (κ3) is 6.32. The minimum Gasteiger partial charge on any atom is -0.454 e. The molecule has 12 heteroatoms. The van der Waals surface area contributed by atoms with Crippen molar-refractivity contribution in [3.05, 3.63) is 101 Å². The highest BCUT2D eigenvalue weighted by Crippen LogP contribution is 2.35. The predicted molar refractivity (Wildman–Crippen MR) is 141 cm³/mol. The van der Waals surface area contributed by atoms with E-state index in [4.69, 9.17) is 14.9 Å². The molecular formula is C29H24F4N4O4. The quantitative estimate of drug-likeness (QED) is 0.338. The topological polar surface area (TPSA) is 104 Å². The Kier molecular flexibility index (Phi) is 7.64. The number of halogens is 4. The lowest BCUT2D eigenvalue weighted by Crippen LogP contribution is -2.32. The van der Waals surface area contributed by atoms with Crippen LogP contribution in [0, 0.1) is 11.2 Å². The molecule has 3 aromatic rings.